The van der Waals surface area contributed by atoms with Gasteiger partial charge < -0.3 is 21.1 Å². The van der Waals surface area contributed by atoms with Crippen LogP contribution in [0.2, 0.25) is 0 Å². The molecule has 26 heavy (non-hydrogen) atoms. The summed E-state index contributed by atoms with van der Waals surface area (Å²) in [5.41, 5.74) is 8.01. The molecule has 5 N–H and O–H groups in total. The molecular weight excluding hydrogens is 330 g/mol. The fourth-order valence-corrected chi connectivity index (χ4v) is 3.66. The number of para-hydroxylation sites is 1. The number of hydrogen-bond acceptors (Lipinski definition) is 7. The molecule has 1 aliphatic rings. The highest BCUT2D eigenvalue weighted by molar-refractivity contribution is 5.81. The molecule has 0 radical (unpaired) electrons. The maximum Gasteiger partial charge on any atom is 0.134 e. The summed E-state index contributed by atoms with van der Waals surface area (Å²) in [6.45, 7) is 3.41. The summed E-state index contributed by atoms with van der Waals surface area (Å²) in [4.78, 5) is 10.4. The Morgan fingerprint density at radius 3 is 3.15 bits per heavy atom. The van der Waals surface area contributed by atoms with Crippen molar-refractivity contribution >= 4 is 22.5 Å². The van der Waals surface area contributed by atoms with E-state index in [2.05, 4.69) is 43.4 Å². The lowest BCUT2D eigenvalue weighted by molar-refractivity contribution is 0.193. The number of hydrogen-bond donors (Lipinski definition) is 4. The second-order valence-electron chi connectivity index (χ2n) is 6.81. The summed E-state index contributed by atoms with van der Waals surface area (Å²) < 4.78 is 0. The maximum absolute atomic E-state index is 10.1. The van der Waals surface area contributed by atoms with E-state index in [4.69, 9.17) is 5.73 Å². The molecule has 1 aliphatic heterocycles. The lowest BCUT2D eigenvalue weighted by atomic mass is 10.0. The van der Waals surface area contributed by atoms with Crippen molar-refractivity contribution in [2.75, 3.05) is 23.7 Å². The highest BCUT2D eigenvalue weighted by Gasteiger charge is 2.32. The van der Waals surface area contributed by atoms with Gasteiger partial charge in [-0.25, -0.2) is 9.97 Å². The summed E-state index contributed by atoms with van der Waals surface area (Å²) in [6, 6.07) is 8.23. The Bertz CT molecular complexity index is 896. The van der Waals surface area contributed by atoms with Crippen LogP contribution in [0.5, 0.6) is 0 Å². The van der Waals surface area contributed by atoms with Crippen LogP contribution in [0.3, 0.4) is 0 Å². The van der Waals surface area contributed by atoms with Gasteiger partial charge in [-0.15, -0.1) is 0 Å². The van der Waals surface area contributed by atoms with E-state index >= 15 is 0 Å². The standard InChI is InChI=1S/C18H23N7O/c1-11(15-4-2-3-12-7-23-24-18(12)15)20-8-13-5-14(26)9-25(13)17-6-16(19)21-10-22-17/h2-4,6-7,10-11,13-14,20,26H,5,8-9H2,1H3,(H,23,24)(H2,19,21,22)/t11?,13-,14-/m1/s1. The van der Waals surface area contributed by atoms with Gasteiger partial charge in [-0.1, -0.05) is 18.2 Å². The average Bonchev–Trinajstić information content (AvgIpc) is 3.25. The van der Waals surface area contributed by atoms with Crippen LogP contribution in [0.15, 0.2) is 36.8 Å². The second-order valence-corrected chi connectivity index (χ2v) is 6.81. The predicted octanol–water partition coefficient (Wildman–Crippen LogP) is 1.23. The molecule has 0 saturated carbocycles. The summed E-state index contributed by atoms with van der Waals surface area (Å²) in [7, 11) is 0. The monoisotopic (exact) mass is 353 g/mol. The van der Waals surface area contributed by atoms with Crippen molar-refractivity contribution < 1.29 is 5.11 Å². The molecule has 3 atom stereocenters. The highest BCUT2D eigenvalue weighted by atomic mass is 16.3. The minimum atomic E-state index is -0.371. The van der Waals surface area contributed by atoms with Gasteiger partial charge in [0.25, 0.3) is 0 Å². The van der Waals surface area contributed by atoms with Gasteiger partial charge in [-0.3, -0.25) is 5.10 Å². The largest absolute Gasteiger partial charge is 0.391 e. The van der Waals surface area contributed by atoms with Gasteiger partial charge in [0.15, 0.2) is 0 Å². The molecule has 0 spiro atoms. The first kappa shape index (κ1) is 16.7. The van der Waals surface area contributed by atoms with Crippen molar-refractivity contribution in [1.29, 1.82) is 0 Å². The number of aromatic amines is 1. The van der Waals surface area contributed by atoms with Crippen LogP contribution < -0.4 is 16.0 Å². The number of rotatable bonds is 5. The molecular formula is C18H23N7O. The molecule has 136 valence electrons. The number of nitrogens with zero attached hydrogens (tertiary/aromatic N) is 4. The van der Waals surface area contributed by atoms with Crippen molar-refractivity contribution in [2.45, 2.75) is 31.5 Å². The van der Waals surface area contributed by atoms with Gasteiger partial charge in [-0.05, 0) is 18.9 Å². The lowest BCUT2D eigenvalue weighted by Crippen LogP contribution is -2.39. The smallest absolute Gasteiger partial charge is 0.134 e. The number of benzene rings is 1. The Morgan fingerprint density at radius 2 is 2.31 bits per heavy atom. The first-order valence-corrected chi connectivity index (χ1v) is 8.79. The molecule has 8 heteroatoms. The van der Waals surface area contributed by atoms with Crippen LogP contribution in [-0.4, -0.2) is 50.5 Å². The van der Waals surface area contributed by atoms with Gasteiger partial charge in [0.1, 0.15) is 18.0 Å². The van der Waals surface area contributed by atoms with Crippen molar-refractivity contribution in [3.05, 3.63) is 42.4 Å². The number of nitrogen functional groups attached to an aromatic ring is 1. The minimum absolute atomic E-state index is 0.141. The number of β-amino-alcohol motifs (C(OH)–C–C–N with tert-alkyl or cyclic N) is 1. The SMILES string of the molecule is CC(NC[C@H]1C[C@@H](O)CN1c1cc(N)ncn1)c1cccc2cn[nH]c12. The van der Waals surface area contributed by atoms with E-state index in [0.29, 0.717) is 18.8 Å². The van der Waals surface area contributed by atoms with Gasteiger partial charge in [-0.2, -0.15) is 5.10 Å². The summed E-state index contributed by atoms with van der Waals surface area (Å²) in [5, 5.41) is 22.0. The normalized spacial score (nSPS) is 21.4. The third kappa shape index (κ3) is 3.21. The Labute approximate surface area is 151 Å². The number of nitrogens with two attached hydrogens (primary N) is 1. The maximum atomic E-state index is 10.1. The Kier molecular flexibility index (Phi) is 4.44. The van der Waals surface area contributed by atoms with Crippen molar-refractivity contribution in [1.82, 2.24) is 25.5 Å². The second kappa shape index (κ2) is 6.89. The molecule has 1 unspecified atom stereocenters. The molecule has 2 aromatic heterocycles. The highest BCUT2D eigenvalue weighted by Crippen LogP contribution is 2.26. The number of H-pyrrole nitrogens is 1. The minimum Gasteiger partial charge on any atom is -0.391 e. The number of nitrogens with one attached hydrogen (secondary N) is 2. The first-order valence-electron chi connectivity index (χ1n) is 8.79. The van der Waals surface area contributed by atoms with Crippen LogP contribution in [-0.2, 0) is 0 Å². The summed E-state index contributed by atoms with van der Waals surface area (Å²) >= 11 is 0. The Hall–Kier alpha value is -2.71. The van der Waals surface area contributed by atoms with E-state index in [1.54, 1.807) is 6.07 Å². The van der Waals surface area contributed by atoms with Gasteiger partial charge in [0, 0.05) is 36.6 Å². The fourth-order valence-electron chi connectivity index (χ4n) is 3.66. The number of aromatic nitrogens is 4. The van der Waals surface area contributed by atoms with Crippen LogP contribution in [0.25, 0.3) is 10.9 Å². The molecule has 3 aromatic rings. The zero-order valence-corrected chi connectivity index (χ0v) is 14.6. The topological polar surface area (TPSA) is 116 Å². The van der Waals surface area contributed by atoms with E-state index in [-0.39, 0.29) is 18.2 Å². The number of aliphatic hydroxyl groups is 1. The van der Waals surface area contributed by atoms with E-state index < -0.39 is 0 Å². The summed E-state index contributed by atoms with van der Waals surface area (Å²) in [6.07, 6.45) is 3.61. The molecule has 0 aliphatic carbocycles. The van der Waals surface area contributed by atoms with Crippen molar-refractivity contribution in [3.63, 3.8) is 0 Å². The molecule has 8 nitrogen and oxygen atoms in total. The van der Waals surface area contributed by atoms with E-state index in [9.17, 15) is 5.11 Å². The quantitative estimate of drug-likeness (QED) is 0.545. The summed E-state index contributed by atoms with van der Waals surface area (Å²) in [5.74, 6) is 1.19. The number of anilines is 2. The Morgan fingerprint density at radius 1 is 1.42 bits per heavy atom. The zero-order chi connectivity index (χ0) is 18.1. The van der Waals surface area contributed by atoms with Crippen LogP contribution in [0.1, 0.15) is 24.9 Å². The average molecular weight is 353 g/mol. The van der Waals surface area contributed by atoms with Crippen LogP contribution in [0.4, 0.5) is 11.6 Å². The molecule has 0 bridgehead atoms. The molecule has 3 heterocycles. The third-order valence-corrected chi connectivity index (χ3v) is 5.00. The van der Waals surface area contributed by atoms with Crippen LogP contribution in [0, 0.1) is 0 Å². The van der Waals surface area contributed by atoms with Crippen molar-refractivity contribution in [2.24, 2.45) is 0 Å². The van der Waals surface area contributed by atoms with E-state index in [1.165, 1.54) is 11.9 Å². The molecule has 1 fully saturated rings. The third-order valence-electron chi connectivity index (χ3n) is 5.00. The predicted molar refractivity (Wildman–Crippen MR) is 101 cm³/mol. The first-order chi connectivity index (χ1) is 12.6. The Balaban J connectivity index is 1.48. The van der Waals surface area contributed by atoms with E-state index in [0.717, 1.165) is 23.3 Å². The molecule has 1 saturated heterocycles. The molecule has 4 rings (SSSR count). The fraction of sp³-hybridized carbons (Fsp3) is 0.389. The zero-order valence-electron chi connectivity index (χ0n) is 14.6. The van der Waals surface area contributed by atoms with Gasteiger partial charge >= 0.3 is 0 Å². The van der Waals surface area contributed by atoms with Gasteiger partial charge in [0.2, 0.25) is 0 Å². The lowest BCUT2D eigenvalue weighted by Gasteiger charge is -2.27. The molecule has 0 amide bonds. The van der Waals surface area contributed by atoms with Gasteiger partial charge in [0.05, 0.1) is 17.8 Å². The van der Waals surface area contributed by atoms with Crippen LogP contribution >= 0.6 is 0 Å². The number of aliphatic hydroxyl groups excluding tert-OH is 1. The van der Waals surface area contributed by atoms with E-state index in [1.807, 2.05) is 18.3 Å². The molecule has 1 aromatic carbocycles. The number of fused-ring (bicyclic) bond motifs is 1. The van der Waals surface area contributed by atoms with Crippen molar-refractivity contribution in [3.8, 4) is 0 Å².